The third kappa shape index (κ3) is 4.61. The molecule has 4 heterocycles. The number of carbonyl (C=O) groups excluding carboxylic acids is 1. The van der Waals surface area contributed by atoms with Crippen LogP contribution < -0.4 is 16.2 Å². The summed E-state index contributed by atoms with van der Waals surface area (Å²) in [7, 11) is 0. The highest BCUT2D eigenvalue weighted by Crippen LogP contribution is 2.44. The second-order valence-corrected chi connectivity index (χ2v) is 9.94. The predicted octanol–water partition coefficient (Wildman–Crippen LogP) is 1.52. The second-order valence-electron chi connectivity index (χ2n) is 9.94. The number of carbonyl (C=O) groups is 1. The van der Waals surface area contributed by atoms with Crippen molar-refractivity contribution in [3.05, 3.63) is 42.5 Å². The van der Waals surface area contributed by atoms with Crippen molar-refractivity contribution in [2.75, 3.05) is 38.6 Å². The van der Waals surface area contributed by atoms with Crippen molar-refractivity contribution in [2.24, 2.45) is 5.73 Å². The summed E-state index contributed by atoms with van der Waals surface area (Å²) < 4.78 is 13.9. The van der Waals surface area contributed by atoms with Crippen LogP contribution in [0.1, 0.15) is 49.0 Å². The van der Waals surface area contributed by atoms with Gasteiger partial charge in [-0.2, -0.15) is 0 Å². The first-order valence-corrected chi connectivity index (χ1v) is 12.3. The van der Waals surface area contributed by atoms with E-state index in [1.807, 2.05) is 27.7 Å². The van der Waals surface area contributed by atoms with Gasteiger partial charge < -0.3 is 35.5 Å². The number of hydrogen-bond acceptors (Lipinski definition) is 9. The first kappa shape index (κ1) is 24.4. The van der Waals surface area contributed by atoms with Gasteiger partial charge in [-0.15, -0.1) is 0 Å². The summed E-state index contributed by atoms with van der Waals surface area (Å²) in [5, 5.41) is 11.2. The molecule has 0 aliphatic carbocycles. The lowest BCUT2D eigenvalue weighted by atomic mass is 9.77. The number of benzene rings is 1. The highest BCUT2D eigenvalue weighted by Gasteiger charge is 2.50. The Labute approximate surface area is 209 Å². The Bertz CT molecular complexity index is 1240. The number of piperidine rings is 1. The molecular weight excluding hydrogens is 462 g/mol. The molecule has 3 aromatic rings. The number of aromatic nitrogens is 4. The molecule has 1 amide bonds. The molecule has 2 fully saturated rings. The van der Waals surface area contributed by atoms with Crippen molar-refractivity contribution in [3.63, 3.8) is 0 Å². The number of amides is 1. The number of rotatable bonds is 6. The first-order chi connectivity index (χ1) is 17.3. The molecule has 2 aromatic heterocycles. The fourth-order valence-electron chi connectivity index (χ4n) is 5.16. The van der Waals surface area contributed by atoms with Crippen molar-refractivity contribution < 1.29 is 19.4 Å². The molecule has 0 radical (unpaired) electrons. The van der Waals surface area contributed by atoms with Crippen LogP contribution >= 0.6 is 0 Å². The van der Waals surface area contributed by atoms with E-state index in [-0.39, 0.29) is 18.6 Å². The van der Waals surface area contributed by atoms with Gasteiger partial charge in [-0.3, -0.25) is 4.79 Å². The molecule has 36 heavy (non-hydrogen) atoms. The van der Waals surface area contributed by atoms with E-state index in [1.165, 1.54) is 6.33 Å². The second kappa shape index (κ2) is 9.64. The van der Waals surface area contributed by atoms with Crippen molar-refractivity contribution in [1.29, 1.82) is 0 Å². The predicted molar refractivity (Wildman–Crippen MR) is 133 cm³/mol. The normalized spacial score (nSPS) is 23.8. The lowest BCUT2D eigenvalue weighted by Gasteiger charge is -2.51. The number of anilines is 1. The number of aliphatic hydroxyl groups is 1. The van der Waals surface area contributed by atoms with Crippen molar-refractivity contribution in [2.45, 2.75) is 49.9 Å². The van der Waals surface area contributed by atoms with Crippen LogP contribution in [0.25, 0.3) is 11.2 Å². The number of nitrogen functional groups attached to an aromatic ring is 1. The van der Waals surface area contributed by atoms with E-state index < -0.39 is 11.2 Å². The number of imidazole rings is 1. The van der Waals surface area contributed by atoms with E-state index in [0.29, 0.717) is 73.8 Å². The quantitative estimate of drug-likeness (QED) is 0.432. The van der Waals surface area contributed by atoms with E-state index >= 15 is 0 Å². The average molecular weight is 496 g/mol. The van der Waals surface area contributed by atoms with E-state index in [0.717, 1.165) is 6.42 Å². The summed E-state index contributed by atoms with van der Waals surface area (Å²) >= 11 is 0. The van der Waals surface area contributed by atoms with Crippen LogP contribution in [0.2, 0.25) is 0 Å². The van der Waals surface area contributed by atoms with E-state index in [4.69, 9.17) is 20.9 Å². The van der Waals surface area contributed by atoms with E-state index in [1.54, 1.807) is 19.3 Å². The summed E-state index contributed by atoms with van der Waals surface area (Å²) in [6.45, 7) is 4.15. The van der Waals surface area contributed by atoms with Gasteiger partial charge in [0, 0.05) is 25.1 Å². The molecule has 0 unspecified atom stereocenters. The van der Waals surface area contributed by atoms with Gasteiger partial charge in [-0.05, 0) is 50.9 Å². The number of nitrogens with zero attached hydrogens (tertiary/aromatic N) is 5. The van der Waals surface area contributed by atoms with Crippen LogP contribution in [0, 0.1) is 0 Å². The van der Waals surface area contributed by atoms with Gasteiger partial charge in [-0.25, -0.2) is 15.0 Å². The summed E-state index contributed by atoms with van der Waals surface area (Å²) in [5.41, 5.74) is 11.6. The Morgan fingerprint density at radius 1 is 1.28 bits per heavy atom. The maximum atomic E-state index is 13.2. The van der Waals surface area contributed by atoms with Crippen LogP contribution in [0.15, 0.2) is 36.9 Å². The molecule has 192 valence electrons. The minimum atomic E-state index is -1.12. The molecule has 1 aromatic carbocycles. The molecule has 5 rings (SSSR count). The van der Waals surface area contributed by atoms with Gasteiger partial charge in [-0.1, -0.05) is 6.07 Å². The standard InChI is InChI=1S/C25H33N7O4/c1-24(34)14-36-25(13-19(24)32-16-30-20-21(27)28-15-29-22(20)32)6-9-31(10-7-25)23(33)17-4-2-5-18(12-17)35-11-3-8-26/h2,4-5,12,15-16,19,34H,3,6-11,13-14,26H2,1H3,(H2,27,28,29)/t19-,24-/m0/s1. The van der Waals surface area contributed by atoms with Crippen LogP contribution in [-0.2, 0) is 4.74 Å². The molecule has 11 heteroatoms. The van der Waals surface area contributed by atoms with Crippen LogP contribution in [-0.4, -0.2) is 79.5 Å². The molecule has 2 atom stereocenters. The maximum Gasteiger partial charge on any atom is 0.253 e. The molecule has 2 aliphatic rings. The summed E-state index contributed by atoms with van der Waals surface area (Å²) in [6.07, 6.45) is 5.73. The third-order valence-electron chi connectivity index (χ3n) is 7.34. The lowest BCUT2D eigenvalue weighted by Crippen LogP contribution is -2.57. The molecule has 0 bridgehead atoms. The Hall–Kier alpha value is -3.28. The number of likely N-dealkylation sites (tertiary alicyclic amines) is 1. The van der Waals surface area contributed by atoms with Crippen LogP contribution in [0.3, 0.4) is 0 Å². The van der Waals surface area contributed by atoms with Gasteiger partial charge in [0.1, 0.15) is 23.2 Å². The van der Waals surface area contributed by atoms with Gasteiger partial charge >= 0.3 is 0 Å². The highest BCUT2D eigenvalue weighted by molar-refractivity contribution is 5.94. The van der Waals surface area contributed by atoms with Gasteiger partial charge in [0.2, 0.25) is 0 Å². The van der Waals surface area contributed by atoms with Gasteiger partial charge in [0.15, 0.2) is 11.5 Å². The number of fused-ring (bicyclic) bond motifs is 1. The van der Waals surface area contributed by atoms with Crippen molar-refractivity contribution in [3.8, 4) is 5.75 Å². The molecule has 0 saturated carbocycles. The fraction of sp³-hybridized carbons (Fsp3) is 0.520. The Morgan fingerprint density at radius 2 is 2.08 bits per heavy atom. The summed E-state index contributed by atoms with van der Waals surface area (Å²) in [4.78, 5) is 27.8. The largest absolute Gasteiger partial charge is 0.494 e. The monoisotopic (exact) mass is 495 g/mol. The molecule has 5 N–H and O–H groups in total. The zero-order valence-electron chi connectivity index (χ0n) is 20.5. The zero-order valence-corrected chi connectivity index (χ0v) is 20.5. The number of nitrogens with two attached hydrogens (primary N) is 2. The summed E-state index contributed by atoms with van der Waals surface area (Å²) in [6, 6.07) is 6.96. The first-order valence-electron chi connectivity index (χ1n) is 12.3. The van der Waals surface area contributed by atoms with Crippen LogP contribution in [0.4, 0.5) is 5.82 Å². The molecule has 11 nitrogen and oxygen atoms in total. The van der Waals surface area contributed by atoms with E-state index in [2.05, 4.69) is 15.0 Å². The molecular formula is C25H33N7O4. The Balaban J connectivity index is 1.29. The third-order valence-corrected chi connectivity index (χ3v) is 7.34. The highest BCUT2D eigenvalue weighted by atomic mass is 16.5. The smallest absolute Gasteiger partial charge is 0.253 e. The van der Waals surface area contributed by atoms with Gasteiger partial charge in [0.25, 0.3) is 5.91 Å². The molecule has 2 aliphatic heterocycles. The fourth-order valence-corrected chi connectivity index (χ4v) is 5.16. The topological polar surface area (TPSA) is 155 Å². The maximum absolute atomic E-state index is 13.2. The SMILES string of the molecule is C[C@]1(O)COC2(CCN(C(=O)c3cccc(OCCCN)c3)CC2)C[C@@H]1n1cnc2c(N)ncnc21. The van der Waals surface area contributed by atoms with Crippen molar-refractivity contribution in [1.82, 2.24) is 24.4 Å². The Kier molecular flexibility index (Phi) is 6.54. The average Bonchev–Trinajstić information content (AvgIpc) is 3.31. The number of ether oxygens (including phenoxy) is 2. The summed E-state index contributed by atoms with van der Waals surface area (Å²) in [5.74, 6) is 0.947. The lowest BCUT2D eigenvalue weighted by molar-refractivity contribution is -0.198. The molecule has 1 spiro atoms. The minimum absolute atomic E-state index is 0.0266. The number of hydrogen-bond donors (Lipinski definition) is 3. The Morgan fingerprint density at radius 3 is 2.86 bits per heavy atom. The molecule has 2 saturated heterocycles. The van der Waals surface area contributed by atoms with Crippen LogP contribution in [0.5, 0.6) is 5.75 Å². The minimum Gasteiger partial charge on any atom is -0.494 e. The van der Waals surface area contributed by atoms with E-state index in [9.17, 15) is 9.90 Å². The zero-order chi connectivity index (χ0) is 25.3. The van der Waals surface area contributed by atoms with Crippen molar-refractivity contribution >= 4 is 22.9 Å². The van der Waals surface area contributed by atoms with Gasteiger partial charge in [0.05, 0.1) is 31.2 Å².